The fourth-order valence-electron chi connectivity index (χ4n) is 4.94. The van der Waals surface area contributed by atoms with Gasteiger partial charge >= 0.3 is 0 Å². The number of para-hydroxylation sites is 1. The number of carbonyl (C=O) groups excluding carboxylic acids is 1. The smallest absolute Gasteiger partial charge is 0.264 e. The number of nitrogen functional groups attached to an aromatic ring is 1. The highest BCUT2D eigenvalue weighted by Crippen LogP contribution is 2.35. The molecule has 2 aromatic heterocycles. The number of ether oxygens (including phenoxy) is 1. The van der Waals surface area contributed by atoms with Crippen LogP contribution in [0.5, 0.6) is 11.5 Å². The first-order valence-electron chi connectivity index (χ1n) is 13.3. The van der Waals surface area contributed by atoms with E-state index in [9.17, 15) is 10.1 Å². The summed E-state index contributed by atoms with van der Waals surface area (Å²) in [6.07, 6.45) is 4.48. The molecule has 3 heterocycles. The summed E-state index contributed by atoms with van der Waals surface area (Å²) in [4.78, 5) is 23.6. The number of amides is 1. The van der Waals surface area contributed by atoms with Crippen molar-refractivity contribution in [2.45, 2.75) is 44.8 Å². The van der Waals surface area contributed by atoms with Crippen molar-refractivity contribution in [2.24, 2.45) is 0 Å². The minimum absolute atomic E-state index is 0.0775. The molecule has 1 atom stereocenters. The highest BCUT2D eigenvalue weighted by molar-refractivity contribution is 5.99. The molecule has 1 aliphatic heterocycles. The number of nitrogens with one attached hydrogen (secondary N) is 1. The van der Waals surface area contributed by atoms with E-state index in [1.807, 2.05) is 32.0 Å². The zero-order valence-electron chi connectivity index (χ0n) is 23.1. The van der Waals surface area contributed by atoms with Crippen molar-refractivity contribution in [2.75, 3.05) is 19.3 Å². The highest BCUT2D eigenvalue weighted by atomic mass is 19.1. The Morgan fingerprint density at radius 1 is 1.24 bits per heavy atom. The van der Waals surface area contributed by atoms with Gasteiger partial charge in [-0.2, -0.15) is 10.4 Å². The maximum absolute atomic E-state index is 15.5. The third-order valence-corrected chi connectivity index (χ3v) is 7.26. The largest absolute Gasteiger partial charge is 0.457 e. The van der Waals surface area contributed by atoms with E-state index in [2.05, 4.69) is 21.4 Å². The third-order valence-electron chi connectivity index (χ3n) is 7.26. The fourth-order valence-corrected chi connectivity index (χ4v) is 4.94. The first-order valence-corrected chi connectivity index (χ1v) is 13.3. The number of carbonyl (C=O) groups is 1. The SMILES string of the molecule is CNC(C)(C)/C=C(\C#N)C(=O)N1CCC[C@H]1Cn1nc(-c2ccc(Oc3ccccc3)cc2F)c2c(N)ncnc21. The van der Waals surface area contributed by atoms with E-state index in [1.165, 1.54) is 12.4 Å². The van der Waals surface area contributed by atoms with Crippen LogP contribution in [0.4, 0.5) is 10.2 Å². The second-order valence-corrected chi connectivity index (χ2v) is 10.5. The van der Waals surface area contributed by atoms with Gasteiger partial charge in [-0.1, -0.05) is 18.2 Å². The van der Waals surface area contributed by atoms with Gasteiger partial charge in [0, 0.05) is 23.7 Å². The molecule has 0 radical (unpaired) electrons. The lowest BCUT2D eigenvalue weighted by atomic mass is 10.0. The Morgan fingerprint density at radius 2 is 2.02 bits per heavy atom. The van der Waals surface area contributed by atoms with E-state index >= 15 is 4.39 Å². The molecule has 0 unspecified atom stereocenters. The van der Waals surface area contributed by atoms with Crippen LogP contribution in [-0.4, -0.2) is 55.7 Å². The standard InChI is InChI=1S/C30H31FN8O2/c1-30(2,34-3)15-19(16-32)29(40)38-13-7-8-20(38)17-39-28-25(27(33)35-18-36-28)26(37-39)23-12-11-22(14-24(23)31)41-21-9-5-4-6-10-21/h4-6,9-12,14-15,18,20,34H,7-8,13,17H2,1-3H3,(H2,33,35,36)/b19-15+/t20-/m0/s1. The number of likely N-dealkylation sites (N-methyl/N-ethyl adjacent to an activating group) is 1. The zero-order valence-corrected chi connectivity index (χ0v) is 23.1. The Hall–Kier alpha value is -4.82. The average Bonchev–Trinajstić information content (AvgIpc) is 3.58. The lowest BCUT2D eigenvalue weighted by molar-refractivity contribution is -0.127. The minimum Gasteiger partial charge on any atom is -0.457 e. The number of benzene rings is 2. The number of fused-ring (bicyclic) bond motifs is 1. The lowest BCUT2D eigenvalue weighted by Crippen LogP contribution is -2.40. The molecule has 0 bridgehead atoms. The van der Waals surface area contributed by atoms with Gasteiger partial charge in [-0.15, -0.1) is 0 Å². The van der Waals surface area contributed by atoms with Crippen molar-refractivity contribution in [3.63, 3.8) is 0 Å². The Kier molecular flexibility index (Phi) is 7.68. The number of rotatable bonds is 8. The number of anilines is 1. The molecule has 210 valence electrons. The van der Waals surface area contributed by atoms with Crippen molar-refractivity contribution in [3.8, 4) is 28.8 Å². The molecule has 41 heavy (non-hydrogen) atoms. The summed E-state index contributed by atoms with van der Waals surface area (Å²) >= 11 is 0. The summed E-state index contributed by atoms with van der Waals surface area (Å²) in [5.74, 6) is 0.231. The summed E-state index contributed by atoms with van der Waals surface area (Å²) in [7, 11) is 1.77. The molecule has 1 aliphatic rings. The van der Waals surface area contributed by atoms with Gasteiger partial charge in [0.25, 0.3) is 5.91 Å². The van der Waals surface area contributed by atoms with Crippen LogP contribution in [0.2, 0.25) is 0 Å². The Balaban J connectivity index is 1.47. The van der Waals surface area contributed by atoms with Crippen LogP contribution in [0.25, 0.3) is 22.3 Å². The van der Waals surface area contributed by atoms with Crippen molar-refractivity contribution < 1.29 is 13.9 Å². The van der Waals surface area contributed by atoms with Crippen LogP contribution in [0.15, 0.2) is 66.5 Å². The number of nitrogens with zero attached hydrogens (tertiary/aromatic N) is 6. The Morgan fingerprint density at radius 3 is 2.73 bits per heavy atom. The third kappa shape index (κ3) is 5.73. The summed E-state index contributed by atoms with van der Waals surface area (Å²) in [6.45, 7) is 4.59. The molecule has 0 spiro atoms. The molecule has 3 N–H and O–H groups in total. The highest BCUT2D eigenvalue weighted by Gasteiger charge is 2.33. The number of hydrogen-bond acceptors (Lipinski definition) is 8. The number of aromatic nitrogens is 4. The van der Waals surface area contributed by atoms with Gasteiger partial charge in [0.15, 0.2) is 5.65 Å². The molecule has 1 fully saturated rings. The number of nitriles is 1. The van der Waals surface area contributed by atoms with Crippen LogP contribution in [0, 0.1) is 17.1 Å². The summed E-state index contributed by atoms with van der Waals surface area (Å²) in [5.41, 5.74) is 6.74. The second-order valence-electron chi connectivity index (χ2n) is 10.5. The van der Waals surface area contributed by atoms with E-state index in [-0.39, 0.29) is 28.9 Å². The first kappa shape index (κ1) is 27.7. The van der Waals surface area contributed by atoms with Gasteiger partial charge in [0.2, 0.25) is 0 Å². The second kappa shape index (κ2) is 11.3. The molecule has 1 saturated heterocycles. The number of hydrogen-bond donors (Lipinski definition) is 2. The first-order chi connectivity index (χ1) is 19.7. The number of nitrogens with two attached hydrogens (primary N) is 1. The molecule has 5 rings (SSSR count). The molecule has 2 aromatic carbocycles. The normalized spacial score (nSPS) is 15.7. The van der Waals surface area contributed by atoms with E-state index < -0.39 is 11.4 Å². The molecule has 10 nitrogen and oxygen atoms in total. The molecule has 0 saturated carbocycles. The maximum Gasteiger partial charge on any atom is 0.264 e. The molecule has 11 heteroatoms. The van der Waals surface area contributed by atoms with Gasteiger partial charge < -0.3 is 20.7 Å². The van der Waals surface area contributed by atoms with Gasteiger partial charge in [-0.05, 0) is 64.1 Å². The number of halogens is 1. The number of likely N-dealkylation sites (tertiary alicyclic amines) is 1. The average molecular weight is 555 g/mol. The van der Waals surface area contributed by atoms with Gasteiger partial charge in [0.05, 0.1) is 18.0 Å². The van der Waals surface area contributed by atoms with Crippen LogP contribution in [0.3, 0.4) is 0 Å². The van der Waals surface area contributed by atoms with Crippen molar-refractivity contribution in [3.05, 3.63) is 72.3 Å². The maximum atomic E-state index is 15.5. The van der Waals surface area contributed by atoms with Gasteiger partial charge in [-0.3, -0.25) is 4.79 Å². The lowest BCUT2D eigenvalue weighted by Gasteiger charge is -2.26. The molecule has 1 amide bonds. The minimum atomic E-state index is -0.540. The zero-order chi connectivity index (χ0) is 29.1. The molecule has 4 aromatic rings. The predicted molar refractivity (Wildman–Crippen MR) is 153 cm³/mol. The van der Waals surface area contributed by atoms with Gasteiger partial charge in [0.1, 0.15) is 46.8 Å². The van der Waals surface area contributed by atoms with Crippen molar-refractivity contribution in [1.82, 2.24) is 30.0 Å². The van der Waals surface area contributed by atoms with E-state index in [0.717, 1.165) is 12.8 Å². The summed E-state index contributed by atoms with van der Waals surface area (Å²) in [6, 6.07) is 15.5. The van der Waals surface area contributed by atoms with E-state index in [4.69, 9.17) is 15.6 Å². The van der Waals surface area contributed by atoms with Crippen LogP contribution in [-0.2, 0) is 11.3 Å². The predicted octanol–water partition coefficient (Wildman–Crippen LogP) is 4.45. The van der Waals surface area contributed by atoms with E-state index in [0.29, 0.717) is 41.3 Å². The van der Waals surface area contributed by atoms with Crippen molar-refractivity contribution >= 4 is 22.8 Å². The van der Waals surface area contributed by atoms with E-state index in [1.54, 1.807) is 47.0 Å². The van der Waals surface area contributed by atoms with Crippen LogP contribution >= 0.6 is 0 Å². The monoisotopic (exact) mass is 554 g/mol. The van der Waals surface area contributed by atoms with Gasteiger partial charge in [-0.25, -0.2) is 19.0 Å². The quantitative estimate of drug-likeness (QED) is 0.241. The topological polar surface area (TPSA) is 135 Å². The Bertz CT molecular complexity index is 1660. The molecule has 0 aliphatic carbocycles. The molecular weight excluding hydrogens is 523 g/mol. The fraction of sp³-hybridized carbons (Fsp3) is 0.300. The Labute approximate surface area is 237 Å². The van der Waals surface area contributed by atoms with Crippen molar-refractivity contribution in [1.29, 1.82) is 5.26 Å². The molecular formula is C30H31FN8O2. The summed E-state index contributed by atoms with van der Waals surface area (Å²) < 4.78 is 22.9. The van der Waals surface area contributed by atoms with Crippen LogP contribution < -0.4 is 15.8 Å². The van der Waals surface area contributed by atoms with Crippen LogP contribution in [0.1, 0.15) is 26.7 Å². The summed E-state index contributed by atoms with van der Waals surface area (Å²) in [5, 5.41) is 18.0.